The third-order valence-electron chi connectivity index (χ3n) is 2.68. The Labute approximate surface area is 112 Å². The van der Waals surface area contributed by atoms with E-state index in [1.165, 1.54) is 12.1 Å². The van der Waals surface area contributed by atoms with Gasteiger partial charge in [-0.05, 0) is 37.0 Å². The lowest BCUT2D eigenvalue weighted by atomic mass is 10.1. The van der Waals surface area contributed by atoms with Gasteiger partial charge in [-0.15, -0.1) is 0 Å². The van der Waals surface area contributed by atoms with Gasteiger partial charge in [0.1, 0.15) is 5.75 Å². The molecule has 0 bridgehead atoms. The molecule has 1 rings (SSSR count). The van der Waals surface area contributed by atoms with Gasteiger partial charge in [-0.25, -0.2) is 0 Å². The smallest absolute Gasteiger partial charge is 0.255 e. The normalized spacial score (nSPS) is 12.2. The van der Waals surface area contributed by atoms with Crippen molar-refractivity contribution in [1.82, 2.24) is 5.32 Å². The van der Waals surface area contributed by atoms with Gasteiger partial charge >= 0.3 is 0 Å². The first-order chi connectivity index (χ1) is 8.54. The van der Waals surface area contributed by atoms with Crippen LogP contribution in [0.4, 0.5) is 0 Å². The summed E-state index contributed by atoms with van der Waals surface area (Å²) < 4.78 is 0. The Kier molecular flexibility index (Phi) is 5.95. The van der Waals surface area contributed by atoms with Crippen molar-refractivity contribution in [2.75, 3.05) is 13.2 Å². The second kappa shape index (κ2) is 7.24. The number of amides is 1. The zero-order valence-corrected chi connectivity index (χ0v) is 11.1. The zero-order chi connectivity index (χ0) is 13.5. The summed E-state index contributed by atoms with van der Waals surface area (Å²) in [5.41, 5.74) is 0.217. The second-order valence-electron chi connectivity index (χ2n) is 4.35. The van der Waals surface area contributed by atoms with Gasteiger partial charge in [-0.3, -0.25) is 4.79 Å². The molecule has 0 saturated carbocycles. The SMILES string of the molecule is CC(CO)CCCNC(=O)c1ccc(Cl)cc1O. The van der Waals surface area contributed by atoms with Crippen LogP contribution in [-0.2, 0) is 0 Å². The standard InChI is InChI=1S/C13H18ClNO3/c1-9(8-16)3-2-6-15-13(18)11-5-4-10(14)7-12(11)17/h4-5,7,9,16-17H,2-3,6,8H2,1H3,(H,15,18). The van der Waals surface area contributed by atoms with Gasteiger partial charge < -0.3 is 15.5 Å². The Morgan fingerprint density at radius 2 is 2.22 bits per heavy atom. The van der Waals surface area contributed by atoms with E-state index in [1.807, 2.05) is 6.92 Å². The summed E-state index contributed by atoms with van der Waals surface area (Å²) in [4.78, 5) is 11.7. The molecule has 0 spiro atoms. The molecular formula is C13H18ClNO3. The van der Waals surface area contributed by atoms with Crippen molar-refractivity contribution < 1.29 is 15.0 Å². The van der Waals surface area contributed by atoms with E-state index in [2.05, 4.69) is 5.32 Å². The number of aromatic hydroxyl groups is 1. The lowest BCUT2D eigenvalue weighted by Crippen LogP contribution is -2.25. The van der Waals surface area contributed by atoms with Gasteiger partial charge in [0, 0.05) is 18.2 Å². The van der Waals surface area contributed by atoms with E-state index in [4.69, 9.17) is 16.7 Å². The van der Waals surface area contributed by atoms with Crippen LogP contribution in [0.1, 0.15) is 30.1 Å². The van der Waals surface area contributed by atoms with Crippen molar-refractivity contribution in [2.24, 2.45) is 5.92 Å². The molecule has 1 aromatic rings. The van der Waals surface area contributed by atoms with Crippen LogP contribution in [0.3, 0.4) is 0 Å². The minimum atomic E-state index is -0.319. The maximum Gasteiger partial charge on any atom is 0.255 e. The predicted molar refractivity (Wildman–Crippen MR) is 70.9 cm³/mol. The maximum atomic E-state index is 11.7. The molecule has 1 unspecified atom stereocenters. The zero-order valence-electron chi connectivity index (χ0n) is 10.3. The molecule has 1 aromatic carbocycles. The van der Waals surface area contributed by atoms with E-state index < -0.39 is 0 Å². The van der Waals surface area contributed by atoms with Crippen LogP contribution in [-0.4, -0.2) is 29.3 Å². The summed E-state index contributed by atoms with van der Waals surface area (Å²) in [5.74, 6) is -0.199. The van der Waals surface area contributed by atoms with Gasteiger partial charge in [0.2, 0.25) is 0 Å². The molecule has 0 fully saturated rings. The molecule has 5 heteroatoms. The molecule has 0 aliphatic heterocycles. The van der Waals surface area contributed by atoms with Crippen molar-refractivity contribution in [3.8, 4) is 5.75 Å². The maximum absolute atomic E-state index is 11.7. The lowest BCUT2D eigenvalue weighted by molar-refractivity contribution is 0.0949. The fourth-order valence-electron chi connectivity index (χ4n) is 1.54. The summed E-state index contributed by atoms with van der Waals surface area (Å²) in [6, 6.07) is 4.39. The molecule has 0 aliphatic carbocycles. The number of phenols is 1. The molecule has 0 heterocycles. The minimum Gasteiger partial charge on any atom is -0.507 e. The molecule has 0 aliphatic rings. The number of rotatable bonds is 6. The highest BCUT2D eigenvalue weighted by Crippen LogP contribution is 2.21. The van der Waals surface area contributed by atoms with E-state index in [-0.39, 0.29) is 29.7 Å². The number of nitrogens with one attached hydrogen (secondary N) is 1. The molecule has 1 amide bonds. The number of halogens is 1. The highest BCUT2D eigenvalue weighted by atomic mass is 35.5. The average Bonchev–Trinajstić information content (AvgIpc) is 2.34. The topological polar surface area (TPSA) is 69.6 Å². The summed E-state index contributed by atoms with van der Waals surface area (Å²) in [7, 11) is 0. The first kappa shape index (κ1) is 14.8. The number of carbonyl (C=O) groups is 1. The molecule has 4 nitrogen and oxygen atoms in total. The Hall–Kier alpha value is -1.26. The Morgan fingerprint density at radius 3 is 2.83 bits per heavy atom. The van der Waals surface area contributed by atoms with E-state index in [9.17, 15) is 9.90 Å². The fraction of sp³-hybridized carbons (Fsp3) is 0.462. The van der Waals surface area contributed by atoms with E-state index in [0.717, 1.165) is 12.8 Å². The van der Waals surface area contributed by atoms with Gasteiger partial charge in [0.25, 0.3) is 5.91 Å². The molecule has 18 heavy (non-hydrogen) atoms. The van der Waals surface area contributed by atoms with Crippen molar-refractivity contribution in [2.45, 2.75) is 19.8 Å². The largest absolute Gasteiger partial charge is 0.507 e. The van der Waals surface area contributed by atoms with E-state index >= 15 is 0 Å². The molecule has 3 N–H and O–H groups in total. The van der Waals surface area contributed by atoms with Crippen molar-refractivity contribution in [3.63, 3.8) is 0 Å². The molecule has 0 aromatic heterocycles. The number of carbonyl (C=O) groups excluding carboxylic acids is 1. The Morgan fingerprint density at radius 1 is 1.50 bits per heavy atom. The number of hydrogen-bond donors (Lipinski definition) is 3. The Bertz CT molecular complexity index is 409. The van der Waals surface area contributed by atoms with Crippen molar-refractivity contribution >= 4 is 17.5 Å². The number of hydrogen-bond acceptors (Lipinski definition) is 3. The quantitative estimate of drug-likeness (QED) is 0.695. The summed E-state index contributed by atoms with van der Waals surface area (Å²) >= 11 is 5.68. The first-order valence-corrected chi connectivity index (χ1v) is 6.30. The van der Waals surface area contributed by atoms with Crippen LogP contribution in [0, 0.1) is 5.92 Å². The molecule has 0 saturated heterocycles. The second-order valence-corrected chi connectivity index (χ2v) is 4.78. The third-order valence-corrected chi connectivity index (χ3v) is 2.91. The minimum absolute atomic E-state index is 0.122. The van der Waals surface area contributed by atoms with Gasteiger partial charge in [-0.1, -0.05) is 18.5 Å². The number of benzene rings is 1. The molecular weight excluding hydrogens is 254 g/mol. The van der Waals surface area contributed by atoms with Crippen LogP contribution >= 0.6 is 11.6 Å². The van der Waals surface area contributed by atoms with Crippen LogP contribution in [0.25, 0.3) is 0 Å². The van der Waals surface area contributed by atoms with Crippen LogP contribution in [0.2, 0.25) is 5.02 Å². The van der Waals surface area contributed by atoms with Crippen molar-refractivity contribution in [3.05, 3.63) is 28.8 Å². The summed E-state index contributed by atoms with van der Waals surface area (Å²) in [5, 5.41) is 21.5. The fourth-order valence-corrected chi connectivity index (χ4v) is 1.70. The third kappa shape index (κ3) is 4.55. The monoisotopic (exact) mass is 271 g/mol. The van der Waals surface area contributed by atoms with E-state index in [0.29, 0.717) is 11.6 Å². The highest BCUT2D eigenvalue weighted by Gasteiger charge is 2.10. The summed E-state index contributed by atoms with van der Waals surface area (Å²) in [6.07, 6.45) is 1.64. The van der Waals surface area contributed by atoms with Crippen LogP contribution in [0.15, 0.2) is 18.2 Å². The lowest BCUT2D eigenvalue weighted by Gasteiger charge is -2.09. The molecule has 100 valence electrons. The van der Waals surface area contributed by atoms with Crippen LogP contribution < -0.4 is 5.32 Å². The van der Waals surface area contributed by atoms with Gasteiger partial charge in [-0.2, -0.15) is 0 Å². The predicted octanol–water partition coefficient (Wildman–Crippen LogP) is 2.18. The highest BCUT2D eigenvalue weighted by molar-refractivity contribution is 6.30. The average molecular weight is 272 g/mol. The van der Waals surface area contributed by atoms with Gasteiger partial charge in [0.05, 0.1) is 5.56 Å². The number of phenolic OH excluding ortho intramolecular Hbond substituents is 1. The molecule has 1 atom stereocenters. The molecule has 0 radical (unpaired) electrons. The summed E-state index contributed by atoms with van der Waals surface area (Å²) in [6.45, 7) is 2.63. The Balaban J connectivity index is 2.41. The first-order valence-electron chi connectivity index (χ1n) is 5.92. The number of aliphatic hydroxyl groups is 1. The van der Waals surface area contributed by atoms with E-state index in [1.54, 1.807) is 6.07 Å². The number of aliphatic hydroxyl groups excluding tert-OH is 1. The van der Waals surface area contributed by atoms with Crippen LogP contribution in [0.5, 0.6) is 5.75 Å². The van der Waals surface area contributed by atoms with Crippen molar-refractivity contribution in [1.29, 1.82) is 0 Å². The van der Waals surface area contributed by atoms with Gasteiger partial charge in [0.15, 0.2) is 0 Å².